The number of hydrogen-bond acceptors (Lipinski definition) is 4. The molecule has 0 saturated heterocycles. The molecule has 1 amide bonds. The van der Waals surface area contributed by atoms with E-state index in [9.17, 15) is 4.79 Å². The largest absolute Gasteiger partial charge is 0.495 e. The fraction of sp³-hybridized carbons (Fsp3) is 0.235. The average molecular weight is 300 g/mol. The van der Waals surface area contributed by atoms with E-state index in [2.05, 4.69) is 5.32 Å². The fourth-order valence-corrected chi connectivity index (χ4v) is 1.93. The molecule has 2 aromatic rings. The fourth-order valence-electron chi connectivity index (χ4n) is 1.93. The first-order valence-corrected chi connectivity index (χ1v) is 7.01. The number of anilines is 2. The Labute approximate surface area is 130 Å². The number of amides is 1. The zero-order chi connectivity index (χ0) is 15.9. The highest BCUT2D eigenvalue weighted by atomic mass is 16.5. The van der Waals surface area contributed by atoms with Gasteiger partial charge in [-0.25, -0.2) is 0 Å². The summed E-state index contributed by atoms with van der Waals surface area (Å²) < 4.78 is 10.7. The van der Waals surface area contributed by atoms with Gasteiger partial charge in [0.1, 0.15) is 11.5 Å². The summed E-state index contributed by atoms with van der Waals surface area (Å²) in [6.45, 7) is 2.32. The van der Waals surface area contributed by atoms with Crippen molar-refractivity contribution in [3.8, 4) is 11.5 Å². The molecule has 116 valence electrons. The molecule has 0 aliphatic carbocycles. The van der Waals surface area contributed by atoms with Gasteiger partial charge in [-0.2, -0.15) is 0 Å². The van der Waals surface area contributed by atoms with E-state index >= 15 is 0 Å². The van der Waals surface area contributed by atoms with Crippen LogP contribution in [0.5, 0.6) is 11.5 Å². The molecule has 0 radical (unpaired) electrons. The van der Waals surface area contributed by atoms with Gasteiger partial charge in [0.25, 0.3) is 0 Å². The van der Waals surface area contributed by atoms with Crippen molar-refractivity contribution < 1.29 is 14.3 Å². The van der Waals surface area contributed by atoms with Gasteiger partial charge in [0.15, 0.2) is 0 Å². The zero-order valence-corrected chi connectivity index (χ0v) is 12.8. The van der Waals surface area contributed by atoms with E-state index in [1.54, 1.807) is 25.3 Å². The summed E-state index contributed by atoms with van der Waals surface area (Å²) in [5.74, 6) is 1.16. The van der Waals surface area contributed by atoms with Crippen LogP contribution in [-0.2, 0) is 4.79 Å². The molecule has 0 bridgehead atoms. The summed E-state index contributed by atoms with van der Waals surface area (Å²) in [7, 11) is 1.54. The second-order valence-corrected chi connectivity index (χ2v) is 4.92. The smallest absolute Gasteiger partial charge is 0.227 e. The molecule has 0 unspecified atom stereocenters. The summed E-state index contributed by atoms with van der Waals surface area (Å²) in [6, 6.07) is 12.8. The van der Waals surface area contributed by atoms with Crippen molar-refractivity contribution in [2.45, 2.75) is 13.3 Å². The maximum absolute atomic E-state index is 11.9. The number of aryl methyl sites for hydroxylation is 1. The molecular formula is C17H20N2O3. The summed E-state index contributed by atoms with van der Waals surface area (Å²) in [5, 5.41) is 2.77. The molecule has 5 nitrogen and oxygen atoms in total. The zero-order valence-electron chi connectivity index (χ0n) is 12.8. The Balaban J connectivity index is 1.85. The number of rotatable bonds is 6. The maximum Gasteiger partial charge on any atom is 0.227 e. The van der Waals surface area contributed by atoms with Gasteiger partial charge >= 0.3 is 0 Å². The molecule has 0 saturated carbocycles. The molecule has 0 heterocycles. The number of nitrogens with two attached hydrogens (primary N) is 1. The second kappa shape index (κ2) is 7.36. The molecule has 0 fully saturated rings. The van der Waals surface area contributed by atoms with E-state index in [1.165, 1.54) is 5.56 Å². The van der Waals surface area contributed by atoms with Crippen LogP contribution in [0.15, 0.2) is 42.5 Å². The highest BCUT2D eigenvalue weighted by Gasteiger charge is 2.08. The van der Waals surface area contributed by atoms with Crippen molar-refractivity contribution in [3.63, 3.8) is 0 Å². The molecule has 2 rings (SSSR count). The van der Waals surface area contributed by atoms with E-state index in [4.69, 9.17) is 15.2 Å². The molecule has 2 aromatic carbocycles. The van der Waals surface area contributed by atoms with Crippen molar-refractivity contribution in [1.82, 2.24) is 0 Å². The van der Waals surface area contributed by atoms with Gasteiger partial charge in [-0.15, -0.1) is 0 Å². The first-order valence-electron chi connectivity index (χ1n) is 7.01. The number of carbonyl (C=O) groups is 1. The first-order chi connectivity index (χ1) is 10.6. The van der Waals surface area contributed by atoms with Crippen LogP contribution in [0.3, 0.4) is 0 Å². The number of hydrogen-bond donors (Lipinski definition) is 2. The van der Waals surface area contributed by atoms with Crippen molar-refractivity contribution in [1.29, 1.82) is 0 Å². The highest BCUT2D eigenvalue weighted by molar-refractivity contribution is 5.92. The topological polar surface area (TPSA) is 73.6 Å². The third-order valence-electron chi connectivity index (χ3n) is 3.12. The normalized spacial score (nSPS) is 10.1. The van der Waals surface area contributed by atoms with E-state index in [0.717, 1.165) is 5.75 Å². The van der Waals surface area contributed by atoms with Crippen LogP contribution in [0.25, 0.3) is 0 Å². The SMILES string of the molecule is COc1ccc(N)cc1NC(=O)CCOc1ccc(C)cc1. The van der Waals surface area contributed by atoms with Crippen molar-refractivity contribution in [3.05, 3.63) is 48.0 Å². The minimum Gasteiger partial charge on any atom is -0.495 e. The van der Waals surface area contributed by atoms with Crippen molar-refractivity contribution >= 4 is 17.3 Å². The number of benzene rings is 2. The van der Waals surface area contributed by atoms with Crippen LogP contribution in [-0.4, -0.2) is 19.6 Å². The molecule has 5 heteroatoms. The molecule has 0 spiro atoms. The van der Waals surface area contributed by atoms with Crippen LogP contribution >= 0.6 is 0 Å². The quantitative estimate of drug-likeness (QED) is 0.804. The number of nitrogen functional groups attached to an aromatic ring is 1. The summed E-state index contributed by atoms with van der Waals surface area (Å²) >= 11 is 0. The van der Waals surface area contributed by atoms with Crippen molar-refractivity contribution in [2.24, 2.45) is 0 Å². The van der Waals surface area contributed by atoms with Gasteiger partial charge in [0.05, 0.1) is 25.8 Å². The van der Waals surface area contributed by atoms with E-state index < -0.39 is 0 Å². The first kappa shape index (κ1) is 15.7. The Morgan fingerprint density at radius 1 is 1.18 bits per heavy atom. The van der Waals surface area contributed by atoms with E-state index in [0.29, 0.717) is 23.7 Å². The minimum atomic E-state index is -0.156. The Morgan fingerprint density at radius 2 is 1.91 bits per heavy atom. The van der Waals surface area contributed by atoms with Crippen LogP contribution < -0.4 is 20.5 Å². The lowest BCUT2D eigenvalue weighted by molar-refractivity contribution is -0.116. The van der Waals surface area contributed by atoms with Crippen LogP contribution in [0.1, 0.15) is 12.0 Å². The Kier molecular flexibility index (Phi) is 5.25. The van der Waals surface area contributed by atoms with Crippen LogP contribution in [0.4, 0.5) is 11.4 Å². The summed E-state index contributed by atoms with van der Waals surface area (Å²) in [6.07, 6.45) is 0.242. The number of nitrogens with one attached hydrogen (secondary N) is 1. The third kappa shape index (κ3) is 4.41. The standard InChI is InChI=1S/C17H20N2O3/c1-12-3-6-14(7-4-12)22-10-9-17(20)19-15-11-13(18)5-8-16(15)21-2/h3-8,11H,9-10,18H2,1-2H3,(H,19,20). The van der Waals surface area contributed by atoms with Gasteiger partial charge in [-0.3, -0.25) is 4.79 Å². The molecule has 0 atom stereocenters. The predicted molar refractivity (Wildman–Crippen MR) is 87.3 cm³/mol. The second-order valence-electron chi connectivity index (χ2n) is 4.92. The predicted octanol–water partition coefficient (Wildman–Crippen LogP) is 2.99. The number of ether oxygens (including phenoxy) is 2. The molecule has 0 aliphatic rings. The van der Waals surface area contributed by atoms with Crippen LogP contribution in [0, 0.1) is 6.92 Å². The molecule has 3 N–H and O–H groups in total. The van der Waals surface area contributed by atoms with Gasteiger partial charge in [0, 0.05) is 5.69 Å². The summed E-state index contributed by atoms with van der Waals surface area (Å²) in [5.41, 5.74) is 8.00. The van der Waals surface area contributed by atoms with Gasteiger partial charge in [-0.1, -0.05) is 17.7 Å². The van der Waals surface area contributed by atoms with E-state index in [-0.39, 0.29) is 12.3 Å². The Bertz CT molecular complexity index is 639. The summed E-state index contributed by atoms with van der Waals surface area (Å²) in [4.78, 5) is 11.9. The third-order valence-corrected chi connectivity index (χ3v) is 3.12. The Hall–Kier alpha value is -2.69. The lowest BCUT2D eigenvalue weighted by Gasteiger charge is -2.11. The van der Waals surface area contributed by atoms with E-state index in [1.807, 2.05) is 31.2 Å². The number of methoxy groups -OCH3 is 1. The van der Waals surface area contributed by atoms with Gasteiger partial charge < -0.3 is 20.5 Å². The van der Waals surface area contributed by atoms with Crippen LogP contribution in [0.2, 0.25) is 0 Å². The number of carbonyl (C=O) groups excluding carboxylic acids is 1. The highest BCUT2D eigenvalue weighted by Crippen LogP contribution is 2.26. The molecule has 22 heavy (non-hydrogen) atoms. The lowest BCUT2D eigenvalue weighted by atomic mass is 10.2. The van der Waals surface area contributed by atoms with Gasteiger partial charge in [-0.05, 0) is 37.3 Å². The van der Waals surface area contributed by atoms with Gasteiger partial charge in [0.2, 0.25) is 5.91 Å². The average Bonchev–Trinajstić information content (AvgIpc) is 2.49. The lowest BCUT2D eigenvalue weighted by Crippen LogP contribution is -2.15. The molecule has 0 aliphatic heterocycles. The Morgan fingerprint density at radius 3 is 2.59 bits per heavy atom. The maximum atomic E-state index is 11.9. The molecule has 0 aromatic heterocycles. The molecular weight excluding hydrogens is 280 g/mol. The monoisotopic (exact) mass is 300 g/mol. The minimum absolute atomic E-state index is 0.156. The van der Waals surface area contributed by atoms with Crippen molar-refractivity contribution in [2.75, 3.05) is 24.8 Å².